The van der Waals surface area contributed by atoms with E-state index in [0.29, 0.717) is 16.7 Å². The van der Waals surface area contributed by atoms with Gasteiger partial charge in [-0.2, -0.15) is 0 Å². The summed E-state index contributed by atoms with van der Waals surface area (Å²) in [7, 11) is 0. The summed E-state index contributed by atoms with van der Waals surface area (Å²) in [5.74, 6) is -0.0433. The minimum atomic E-state index is -0.464. The molecule has 0 saturated carbocycles. The smallest absolute Gasteiger partial charge is 0.120 e. The number of phenols is 3. The number of hydrogen-bond donors (Lipinski definition) is 3. The molecule has 0 radical (unpaired) electrons. The summed E-state index contributed by atoms with van der Waals surface area (Å²) in [6, 6.07) is 17.7. The van der Waals surface area contributed by atoms with Crippen molar-refractivity contribution < 1.29 is 15.3 Å². The molecule has 3 nitrogen and oxygen atoms in total. The number of para-hydroxylation sites is 1. The first-order chi connectivity index (χ1) is 11.5. The maximum absolute atomic E-state index is 10.5. The molecule has 0 spiro atoms. The van der Waals surface area contributed by atoms with Crippen LogP contribution >= 0.6 is 0 Å². The second-order valence-corrected chi connectivity index (χ2v) is 6.01. The third-order valence-corrected chi connectivity index (χ3v) is 4.43. The van der Waals surface area contributed by atoms with Crippen molar-refractivity contribution in [2.45, 2.75) is 19.8 Å². The van der Waals surface area contributed by atoms with E-state index < -0.39 is 5.92 Å². The first-order valence-electron chi connectivity index (χ1n) is 7.85. The lowest BCUT2D eigenvalue weighted by atomic mass is 9.80. The van der Waals surface area contributed by atoms with Gasteiger partial charge in [-0.3, -0.25) is 0 Å². The van der Waals surface area contributed by atoms with Gasteiger partial charge in [0.25, 0.3) is 0 Å². The zero-order chi connectivity index (χ0) is 17.3. The lowest BCUT2D eigenvalue weighted by molar-refractivity contribution is 0.450. The standard InChI is InChI=1S/C21H20O3/c1-13-7-5-11-17(23)19(13)21(15-9-3-4-10-16(15)22)20-14(2)8-6-12-18(20)24/h3-12,21-24H,1-2H3. The molecule has 0 unspecified atom stereocenters. The van der Waals surface area contributed by atoms with Gasteiger partial charge < -0.3 is 15.3 Å². The van der Waals surface area contributed by atoms with Gasteiger partial charge in [-0.05, 0) is 43.2 Å². The molecule has 0 atom stereocenters. The Hall–Kier alpha value is -2.94. The molecule has 3 rings (SSSR count). The van der Waals surface area contributed by atoms with Gasteiger partial charge in [0.15, 0.2) is 0 Å². The van der Waals surface area contributed by atoms with Crippen LogP contribution in [-0.2, 0) is 0 Å². The van der Waals surface area contributed by atoms with Crippen LogP contribution in [0.15, 0.2) is 60.7 Å². The molecule has 3 aromatic rings. The van der Waals surface area contributed by atoms with Crippen LogP contribution in [0.5, 0.6) is 17.2 Å². The molecule has 0 aromatic heterocycles. The zero-order valence-corrected chi connectivity index (χ0v) is 13.7. The topological polar surface area (TPSA) is 60.7 Å². The van der Waals surface area contributed by atoms with Gasteiger partial charge in [0.2, 0.25) is 0 Å². The highest BCUT2D eigenvalue weighted by Crippen LogP contribution is 2.45. The molecule has 24 heavy (non-hydrogen) atoms. The second-order valence-electron chi connectivity index (χ2n) is 6.01. The summed E-state index contributed by atoms with van der Waals surface area (Å²) in [6.45, 7) is 3.83. The van der Waals surface area contributed by atoms with Gasteiger partial charge >= 0.3 is 0 Å². The summed E-state index contributed by atoms with van der Waals surface area (Å²) in [5, 5.41) is 31.4. The summed E-state index contributed by atoms with van der Waals surface area (Å²) in [6.07, 6.45) is 0. The molecule has 0 heterocycles. The Balaban J connectivity index is 2.37. The van der Waals surface area contributed by atoms with E-state index >= 15 is 0 Å². The van der Waals surface area contributed by atoms with Gasteiger partial charge in [-0.1, -0.05) is 42.5 Å². The summed E-state index contributed by atoms with van der Waals surface area (Å²) < 4.78 is 0. The van der Waals surface area contributed by atoms with Crippen LogP contribution in [0.3, 0.4) is 0 Å². The number of aryl methyl sites for hydroxylation is 2. The lowest BCUT2D eigenvalue weighted by Gasteiger charge is -2.25. The van der Waals surface area contributed by atoms with E-state index in [-0.39, 0.29) is 17.2 Å². The predicted octanol–water partition coefficient (Wildman–Crippen LogP) is 4.60. The van der Waals surface area contributed by atoms with Crippen molar-refractivity contribution in [3.63, 3.8) is 0 Å². The quantitative estimate of drug-likeness (QED) is 0.618. The Kier molecular flexibility index (Phi) is 4.17. The molecule has 0 saturated heterocycles. The van der Waals surface area contributed by atoms with Crippen molar-refractivity contribution in [1.29, 1.82) is 0 Å². The number of phenolic OH excluding ortho intramolecular Hbond substituents is 3. The van der Waals surface area contributed by atoms with Crippen LogP contribution < -0.4 is 0 Å². The lowest BCUT2D eigenvalue weighted by Crippen LogP contribution is -2.08. The summed E-state index contributed by atoms with van der Waals surface area (Å²) in [4.78, 5) is 0. The van der Waals surface area contributed by atoms with Gasteiger partial charge in [-0.25, -0.2) is 0 Å². The normalized spacial score (nSPS) is 11.0. The monoisotopic (exact) mass is 320 g/mol. The van der Waals surface area contributed by atoms with E-state index in [1.165, 1.54) is 0 Å². The number of benzene rings is 3. The fraction of sp³-hybridized carbons (Fsp3) is 0.143. The minimum absolute atomic E-state index is 0.132. The van der Waals surface area contributed by atoms with E-state index in [2.05, 4.69) is 0 Å². The molecular formula is C21H20O3. The highest BCUT2D eigenvalue weighted by Gasteiger charge is 2.27. The van der Waals surface area contributed by atoms with Crippen LogP contribution in [-0.4, -0.2) is 15.3 Å². The third-order valence-electron chi connectivity index (χ3n) is 4.43. The minimum Gasteiger partial charge on any atom is -0.508 e. The van der Waals surface area contributed by atoms with Crippen molar-refractivity contribution in [1.82, 2.24) is 0 Å². The molecule has 0 amide bonds. The van der Waals surface area contributed by atoms with Crippen LogP contribution in [0.1, 0.15) is 33.7 Å². The average molecular weight is 320 g/mol. The zero-order valence-electron chi connectivity index (χ0n) is 13.7. The Labute approximate surface area is 141 Å². The molecule has 122 valence electrons. The fourth-order valence-corrected chi connectivity index (χ4v) is 3.27. The Morgan fingerprint density at radius 1 is 0.583 bits per heavy atom. The fourth-order valence-electron chi connectivity index (χ4n) is 3.27. The molecule has 3 heteroatoms. The molecule has 3 aromatic carbocycles. The SMILES string of the molecule is Cc1cccc(O)c1C(c1ccccc1O)c1c(C)cccc1O. The molecule has 0 aliphatic heterocycles. The van der Waals surface area contributed by atoms with Gasteiger partial charge in [0, 0.05) is 22.6 Å². The van der Waals surface area contributed by atoms with E-state index in [1.807, 2.05) is 38.1 Å². The Bertz CT molecular complexity index is 792. The third kappa shape index (κ3) is 2.69. The first-order valence-corrected chi connectivity index (χ1v) is 7.85. The van der Waals surface area contributed by atoms with Crippen molar-refractivity contribution in [2.75, 3.05) is 0 Å². The Morgan fingerprint density at radius 2 is 1.04 bits per heavy atom. The highest BCUT2D eigenvalue weighted by atomic mass is 16.3. The molecule has 0 aliphatic rings. The predicted molar refractivity (Wildman–Crippen MR) is 94.7 cm³/mol. The van der Waals surface area contributed by atoms with E-state index in [9.17, 15) is 15.3 Å². The summed E-state index contributed by atoms with van der Waals surface area (Å²) >= 11 is 0. The van der Waals surface area contributed by atoms with E-state index in [1.54, 1.807) is 36.4 Å². The molecular weight excluding hydrogens is 300 g/mol. The maximum atomic E-state index is 10.5. The van der Waals surface area contributed by atoms with Crippen LogP contribution in [0, 0.1) is 13.8 Å². The molecule has 3 N–H and O–H groups in total. The average Bonchev–Trinajstić information content (AvgIpc) is 2.53. The first kappa shape index (κ1) is 15.9. The van der Waals surface area contributed by atoms with Gasteiger partial charge in [0.1, 0.15) is 17.2 Å². The van der Waals surface area contributed by atoms with Crippen molar-refractivity contribution in [3.8, 4) is 17.2 Å². The number of hydrogen-bond acceptors (Lipinski definition) is 3. The number of aromatic hydroxyl groups is 3. The van der Waals surface area contributed by atoms with E-state index in [0.717, 1.165) is 11.1 Å². The van der Waals surface area contributed by atoms with Crippen LogP contribution in [0.4, 0.5) is 0 Å². The largest absolute Gasteiger partial charge is 0.508 e. The van der Waals surface area contributed by atoms with Crippen LogP contribution in [0.2, 0.25) is 0 Å². The summed E-state index contributed by atoms with van der Waals surface area (Å²) in [5.41, 5.74) is 3.80. The Morgan fingerprint density at radius 3 is 1.50 bits per heavy atom. The molecule has 0 fully saturated rings. The number of rotatable bonds is 3. The van der Waals surface area contributed by atoms with Crippen LogP contribution in [0.25, 0.3) is 0 Å². The maximum Gasteiger partial charge on any atom is 0.120 e. The highest BCUT2D eigenvalue weighted by molar-refractivity contribution is 5.59. The van der Waals surface area contributed by atoms with E-state index in [4.69, 9.17) is 0 Å². The van der Waals surface area contributed by atoms with Crippen molar-refractivity contribution in [2.24, 2.45) is 0 Å². The molecule has 0 bridgehead atoms. The van der Waals surface area contributed by atoms with Gasteiger partial charge in [-0.15, -0.1) is 0 Å². The van der Waals surface area contributed by atoms with Crippen molar-refractivity contribution >= 4 is 0 Å². The second kappa shape index (κ2) is 6.28. The van der Waals surface area contributed by atoms with Gasteiger partial charge in [0.05, 0.1) is 0 Å². The van der Waals surface area contributed by atoms with Crippen molar-refractivity contribution in [3.05, 3.63) is 88.5 Å². The molecule has 0 aliphatic carbocycles.